The zero-order chi connectivity index (χ0) is 21.3. The van der Waals surface area contributed by atoms with Crippen molar-refractivity contribution in [3.8, 4) is 22.5 Å². The topological polar surface area (TPSA) is 55.3 Å². The molecule has 156 valence electrons. The van der Waals surface area contributed by atoms with Crippen LogP contribution in [0.3, 0.4) is 0 Å². The third kappa shape index (κ3) is 4.48. The minimum atomic E-state index is -4.58. The maximum Gasteiger partial charge on any atom is 0.416 e. The van der Waals surface area contributed by atoms with Gasteiger partial charge in [-0.3, -0.25) is 4.18 Å². The van der Waals surface area contributed by atoms with Gasteiger partial charge in [0.2, 0.25) is 5.95 Å². The van der Waals surface area contributed by atoms with Gasteiger partial charge in [-0.15, -0.1) is 0 Å². The zero-order valence-corrected chi connectivity index (χ0v) is 16.9. The Bertz CT molecular complexity index is 1070. The molecule has 0 radical (unpaired) electrons. The van der Waals surface area contributed by atoms with Crippen molar-refractivity contribution in [2.24, 2.45) is 0 Å². The lowest BCUT2D eigenvalue weighted by Crippen LogP contribution is -2.45. The van der Waals surface area contributed by atoms with Crippen LogP contribution in [0.25, 0.3) is 22.5 Å². The van der Waals surface area contributed by atoms with Gasteiger partial charge in [-0.2, -0.15) is 13.2 Å². The second-order valence-corrected chi connectivity index (χ2v) is 8.05. The van der Waals surface area contributed by atoms with Crippen LogP contribution in [0.2, 0.25) is 5.02 Å². The van der Waals surface area contributed by atoms with Crippen LogP contribution in [-0.2, 0) is 15.4 Å². The quantitative estimate of drug-likeness (QED) is 0.547. The Morgan fingerprint density at radius 3 is 2.17 bits per heavy atom. The number of rotatable bonds is 3. The van der Waals surface area contributed by atoms with Crippen molar-refractivity contribution in [3.05, 3.63) is 65.7 Å². The van der Waals surface area contributed by atoms with Gasteiger partial charge in [0.25, 0.3) is 11.3 Å². The Kier molecular flexibility index (Phi) is 5.77. The summed E-state index contributed by atoms with van der Waals surface area (Å²) in [5.74, 6) is 0.0280. The van der Waals surface area contributed by atoms with Crippen LogP contribution in [-0.4, -0.2) is 33.0 Å². The second kappa shape index (κ2) is 8.33. The van der Waals surface area contributed by atoms with Crippen molar-refractivity contribution >= 4 is 28.8 Å². The third-order valence-corrected chi connectivity index (χ3v) is 5.84. The Hall–Kier alpha value is -2.49. The summed E-state index contributed by atoms with van der Waals surface area (Å²) >= 11 is 3.59. The maximum atomic E-state index is 12.9. The molecular formula is C20H15ClF3N3O2S. The molecule has 1 fully saturated rings. The van der Waals surface area contributed by atoms with Gasteiger partial charge in [-0.05, 0) is 18.2 Å². The number of nitrogens with zero attached hydrogens (tertiary/aromatic N) is 3. The summed E-state index contributed by atoms with van der Waals surface area (Å²) in [6.45, 7) is -0.158. The molecule has 0 bridgehead atoms. The summed E-state index contributed by atoms with van der Waals surface area (Å²) in [7, 11) is 0. The number of hydrogen-bond acceptors (Lipinski definition) is 4. The van der Waals surface area contributed by atoms with E-state index in [1.165, 1.54) is 0 Å². The highest BCUT2D eigenvalue weighted by molar-refractivity contribution is 7.81. The number of halogens is 4. The van der Waals surface area contributed by atoms with Gasteiger partial charge in [0, 0.05) is 29.1 Å². The van der Waals surface area contributed by atoms with Crippen LogP contribution >= 0.6 is 11.6 Å². The van der Waals surface area contributed by atoms with E-state index < -0.39 is 23.5 Å². The predicted molar refractivity (Wildman–Crippen MR) is 109 cm³/mol. The number of hydrogen-bond donors (Lipinski definition) is 0. The van der Waals surface area contributed by atoms with Crippen LogP contribution in [0.4, 0.5) is 19.1 Å². The Morgan fingerprint density at radius 1 is 1.00 bits per heavy atom. The second-order valence-electron chi connectivity index (χ2n) is 6.55. The van der Waals surface area contributed by atoms with Gasteiger partial charge in [-0.25, -0.2) is 18.5 Å². The van der Waals surface area contributed by atoms with E-state index in [1.807, 2.05) is 30.3 Å². The average molecular weight is 454 g/mol. The van der Waals surface area contributed by atoms with E-state index in [-0.39, 0.29) is 18.9 Å². The molecule has 1 aliphatic rings. The minimum Gasteiger partial charge on any atom is -0.261 e. The normalized spacial score (nSPS) is 19.7. The number of aromatic nitrogens is 2. The fraction of sp³-hybridized carbons (Fsp3) is 0.200. The molecule has 30 heavy (non-hydrogen) atoms. The molecule has 2 unspecified atom stereocenters. The standard InChI is InChI=1S/C20H15ClF3N3O2S/c21-15-8-6-14(7-9-15)17-12-16(13-4-2-1-3-5-13)25-19(26-17)27-11-10-18(20(22,23)24)29-30(27)28/h1-9,12,18H,10-11H2. The van der Waals surface area contributed by atoms with Crippen molar-refractivity contribution in [2.45, 2.75) is 18.7 Å². The summed E-state index contributed by atoms with van der Waals surface area (Å²) in [5.41, 5.74) is 2.58. The molecule has 5 nitrogen and oxygen atoms in total. The average Bonchev–Trinajstić information content (AvgIpc) is 2.74. The molecule has 0 amide bonds. The van der Waals surface area contributed by atoms with E-state index >= 15 is 0 Å². The molecule has 3 aromatic rings. The highest BCUT2D eigenvalue weighted by Crippen LogP contribution is 2.33. The third-order valence-electron chi connectivity index (χ3n) is 4.48. The van der Waals surface area contributed by atoms with E-state index in [2.05, 4.69) is 9.97 Å². The van der Waals surface area contributed by atoms with Crippen LogP contribution in [0.1, 0.15) is 6.42 Å². The fourth-order valence-corrected chi connectivity index (χ4v) is 4.07. The molecule has 0 aliphatic carbocycles. The first kappa shape index (κ1) is 20.8. The van der Waals surface area contributed by atoms with Gasteiger partial charge >= 0.3 is 6.18 Å². The van der Waals surface area contributed by atoms with Gasteiger partial charge in [0.1, 0.15) is 0 Å². The van der Waals surface area contributed by atoms with E-state index in [0.717, 1.165) is 15.4 Å². The lowest BCUT2D eigenvalue weighted by atomic mass is 10.1. The van der Waals surface area contributed by atoms with E-state index in [0.29, 0.717) is 16.4 Å². The van der Waals surface area contributed by atoms with Crippen LogP contribution in [0, 0.1) is 0 Å². The summed E-state index contributed by atoms with van der Waals surface area (Å²) in [6, 6.07) is 17.9. The fourth-order valence-electron chi connectivity index (χ4n) is 2.96. The largest absolute Gasteiger partial charge is 0.416 e. The van der Waals surface area contributed by atoms with Gasteiger partial charge < -0.3 is 0 Å². The van der Waals surface area contributed by atoms with Crippen molar-refractivity contribution in [1.82, 2.24) is 9.97 Å². The molecule has 10 heteroatoms. The van der Waals surface area contributed by atoms with Crippen molar-refractivity contribution in [2.75, 3.05) is 10.8 Å². The Balaban J connectivity index is 1.75. The van der Waals surface area contributed by atoms with Gasteiger partial charge in [-0.1, -0.05) is 54.1 Å². The minimum absolute atomic E-state index is 0.0280. The highest BCUT2D eigenvalue weighted by Gasteiger charge is 2.46. The lowest BCUT2D eigenvalue weighted by molar-refractivity contribution is -0.195. The molecule has 1 aromatic heterocycles. The number of benzene rings is 2. The summed E-state index contributed by atoms with van der Waals surface area (Å²) in [6.07, 6.45) is -7.03. The first-order valence-electron chi connectivity index (χ1n) is 8.95. The lowest BCUT2D eigenvalue weighted by Gasteiger charge is -2.31. The molecule has 2 aromatic carbocycles. The highest BCUT2D eigenvalue weighted by atomic mass is 35.5. The SMILES string of the molecule is O=S1OC(C(F)(F)F)CCN1c1nc(-c2ccccc2)cc(-c2ccc(Cl)cc2)n1. The summed E-state index contributed by atoms with van der Waals surface area (Å²) < 4.78 is 57.0. The molecule has 0 saturated carbocycles. The molecule has 1 aliphatic heterocycles. The molecule has 2 heterocycles. The van der Waals surface area contributed by atoms with Crippen molar-refractivity contribution in [1.29, 1.82) is 0 Å². The molecule has 2 atom stereocenters. The van der Waals surface area contributed by atoms with Gasteiger partial charge in [0.15, 0.2) is 6.10 Å². The van der Waals surface area contributed by atoms with Crippen LogP contribution in [0.5, 0.6) is 0 Å². The van der Waals surface area contributed by atoms with Crippen LogP contribution in [0.15, 0.2) is 60.7 Å². The summed E-state index contributed by atoms with van der Waals surface area (Å²) in [4.78, 5) is 8.88. The van der Waals surface area contributed by atoms with Crippen LogP contribution < -0.4 is 4.31 Å². The molecular weight excluding hydrogens is 439 g/mol. The smallest absolute Gasteiger partial charge is 0.261 e. The first-order valence-corrected chi connectivity index (χ1v) is 10.4. The van der Waals surface area contributed by atoms with Gasteiger partial charge in [0.05, 0.1) is 11.4 Å². The summed E-state index contributed by atoms with van der Waals surface area (Å²) in [5, 5.41) is 0.556. The number of anilines is 1. The maximum absolute atomic E-state index is 12.9. The Labute approximate surface area is 178 Å². The van der Waals surface area contributed by atoms with E-state index in [9.17, 15) is 17.4 Å². The molecule has 1 saturated heterocycles. The van der Waals surface area contributed by atoms with Crippen molar-refractivity contribution in [3.63, 3.8) is 0 Å². The molecule has 4 rings (SSSR count). The first-order chi connectivity index (χ1) is 14.3. The molecule has 0 N–H and O–H groups in total. The Morgan fingerprint density at radius 2 is 1.60 bits per heavy atom. The molecule has 0 spiro atoms. The van der Waals surface area contributed by atoms with E-state index in [1.54, 1.807) is 30.3 Å². The number of alkyl halides is 3. The monoisotopic (exact) mass is 453 g/mol. The predicted octanol–water partition coefficient (Wildman–Crippen LogP) is 5.20. The zero-order valence-electron chi connectivity index (χ0n) is 15.3. The van der Waals surface area contributed by atoms with Crippen molar-refractivity contribution < 1.29 is 21.6 Å². The van der Waals surface area contributed by atoms with E-state index in [4.69, 9.17) is 15.8 Å².